The average Bonchev–Trinajstić information content (AvgIpc) is 3.07. The first kappa shape index (κ1) is 22.6. The summed E-state index contributed by atoms with van der Waals surface area (Å²) in [6.45, 7) is 7.09. The fourth-order valence-corrected chi connectivity index (χ4v) is 3.17. The van der Waals surface area contributed by atoms with Crippen LogP contribution >= 0.6 is 12.2 Å². The number of hydrogen-bond acceptors (Lipinski definition) is 6. The highest BCUT2D eigenvalue weighted by atomic mass is 32.1. The standard InChI is InChI=1S/C20H28N4O4S/c1-5-28-16-8-6-15(7-9-16)19-21-22-20(29)24(19)12-10-17(25)23(14(2)3)13-11-18(26)27-4/h6-9,14H,5,10-13H2,1-4H3,(H,22,29). The largest absolute Gasteiger partial charge is 0.494 e. The van der Waals surface area contributed by atoms with Crippen LogP contribution in [0.3, 0.4) is 0 Å². The molecule has 0 aliphatic carbocycles. The van der Waals surface area contributed by atoms with Crippen LogP contribution in [0.15, 0.2) is 24.3 Å². The van der Waals surface area contributed by atoms with Crippen LogP contribution in [0.1, 0.15) is 33.6 Å². The van der Waals surface area contributed by atoms with E-state index in [0.29, 0.717) is 30.3 Å². The van der Waals surface area contributed by atoms with Gasteiger partial charge in [0.25, 0.3) is 0 Å². The zero-order chi connectivity index (χ0) is 21.4. The summed E-state index contributed by atoms with van der Waals surface area (Å²) in [5, 5.41) is 7.11. The number of ether oxygens (including phenoxy) is 2. The second-order valence-electron chi connectivity index (χ2n) is 6.72. The van der Waals surface area contributed by atoms with Gasteiger partial charge in [-0.3, -0.25) is 19.3 Å². The first-order valence-electron chi connectivity index (χ1n) is 9.62. The number of hydrogen-bond donors (Lipinski definition) is 1. The van der Waals surface area contributed by atoms with Gasteiger partial charge in [0.15, 0.2) is 10.6 Å². The molecule has 0 fully saturated rings. The molecule has 1 aromatic carbocycles. The van der Waals surface area contributed by atoms with Gasteiger partial charge >= 0.3 is 5.97 Å². The lowest BCUT2D eigenvalue weighted by Crippen LogP contribution is -2.39. The number of rotatable bonds is 10. The predicted octanol–water partition coefficient (Wildman–Crippen LogP) is 3.20. The highest BCUT2D eigenvalue weighted by Crippen LogP contribution is 2.21. The summed E-state index contributed by atoms with van der Waals surface area (Å²) in [7, 11) is 1.34. The minimum Gasteiger partial charge on any atom is -0.494 e. The van der Waals surface area contributed by atoms with Gasteiger partial charge in [-0.25, -0.2) is 0 Å². The molecule has 0 atom stereocenters. The van der Waals surface area contributed by atoms with Crippen LogP contribution in [-0.2, 0) is 20.9 Å². The van der Waals surface area contributed by atoms with Crippen molar-refractivity contribution in [1.82, 2.24) is 19.7 Å². The van der Waals surface area contributed by atoms with Gasteiger partial charge in [-0.05, 0) is 57.3 Å². The van der Waals surface area contributed by atoms with Gasteiger partial charge in [-0.15, -0.1) is 0 Å². The van der Waals surface area contributed by atoms with E-state index in [1.54, 1.807) is 4.90 Å². The summed E-state index contributed by atoms with van der Waals surface area (Å²) in [6, 6.07) is 7.55. The maximum absolute atomic E-state index is 12.7. The molecule has 2 aromatic rings. The van der Waals surface area contributed by atoms with Crippen molar-refractivity contribution in [3.05, 3.63) is 29.0 Å². The van der Waals surface area contributed by atoms with E-state index in [4.69, 9.17) is 17.0 Å². The highest BCUT2D eigenvalue weighted by Gasteiger charge is 2.19. The third-order valence-corrected chi connectivity index (χ3v) is 4.77. The Morgan fingerprint density at radius 3 is 2.52 bits per heavy atom. The lowest BCUT2D eigenvalue weighted by atomic mass is 10.2. The Labute approximate surface area is 175 Å². The molecule has 0 spiro atoms. The number of nitrogens with one attached hydrogen (secondary N) is 1. The van der Waals surface area contributed by atoms with Crippen LogP contribution in [-0.4, -0.2) is 57.8 Å². The Morgan fingerprint density at radius 1 is 1.24 bits per heavy atom. The number of carbonyl (C=O) groups is 2. The van der Waals surface area contributed by atoms with Crippen molar-refractivity contribution in [2.45, 2.75) is 46.2 Å². The minimum atomic E-state index is -0.335. The van der Waals surface area contributed by atoms with E-state index in [-0.39, 0.29) is 30.8 Å². The number of benzene rings is 1. The van der Waals surface area contributed by atoms with E-state index in [9.17, 15) is 9.59 Å². The van der Waals surface area contributed by atoms with E-state index in [0.717, 1.165) is 11.3 Å². The molecule has 1 amide bonds. The van der Waals surface area contributed by atoms with Gasteiger partial charge in [-0.1, -0.05) is 0 Å². The van der Waals surface area contributed by atoms with Crippen LogP contribution in [0.25, 0.3) is 11.4 Å². The van der Waals surface area contributed by atoms with Gasteiger partial charge in [0, 0.05) is 31.1 Å². The molecule has 0 saturated heterocycles. The maximum Gasteiger partial charge on any atom is 0.307 e. The summed E-state index contributed by atoms with van der Waals surface area (Å²) in [5.41, 5.74) is 0.875. The monoisotopic (exact) mass is 420 g/mol. The number of H-pyrrole nitrogens is 1. The summed E-state index contributed by atoms with van der Waals surface area (Å²) in [6.07, 6.45) is 0.417. The van der Waals surface area contributed by atoms with E-state index < -0.39 is 0 Å². The van der Waals surface area contributed by atoms with Crippen LogP contribution in [0.5, 0.6) is 5.75 Å². The lowest BCUT2D eigenvalue weighted by Gasteiger charge is -2.26. The molecule has 0 unspecified atom stereocenters. The average molecular weight is 421 g/mol. The Hall–Kier alpha value is -2.68. The normalized spacial score (nSPS) is 10.8. The van der Waals surface area contributed by atoms with Crippen molar-refractivity contribution < 1.29 is 19.1 Å². The van der Waals surface area contributed by atoms with E-state index in [1.165, 1.54) is 7.11 Å². The quantitative estimate of drug-likeness (QED) is 0.469. The molecule has 0 radical (unpaired) electrons. The number of aromatic amines is 1. The second kappa shape index (κ2) is 10.8. The molecule has 0 aliphatic heterocycles. The van der Waals surface area contributed by atoms with Gasteiger partial charge in [0.2, 0.25) is 5.91 Å². The number of esters is 1. The molecule has 8 nitrogen and oxygen atoms in total. The molecule has 0 bridgehead atoms. The van der Waals surface area contributed by atoms with Crippen LogP contribution < -0.4 is 4.74 Å². The lowest BCUT2D eigenvalue weighted by molar-refractivity contribution is -0.142. The molecular weight excluding hydrogens is 392 g/mol. The van der Waals surface area contributed by atoms with E-state index >= 15 is 0 Å². The summed E-state index contributed by atoms with van der Waals surface area (Å²) < 4.78 is 12.4. The molecular formula is C20H28N4O4S. The molecule has 1 N–H and O–H groups in total. The maximum atomic E-state index is 12.7. The molecule has 158 valence electrons. The van der Waals surface area contributed by atoms with Crippen LogP contribution in [0.4, 0.5) is 0 Å². The van der Waals surface area contributed by atoms with Crippen LogP contribution in [0.2, 0.25) is 0 Å². The molecule has 1 heterocycles. The minimum absolute atomic E-state index is 0.0185. The molecule has 2 rings (SSSR count). The summed E-state index contributed by atoms with van der Waals surface area (Å²) in [5.74, 6) is 1.06. The van der Waals surface area contributed by atoms with Crippen molar-refractivity contribution in [2.24, 2.45) is 0 Å². The Balaban J connectivity index is 2.10. The third kappa shape index (κ3) is 6.15. The molecule has 0 aliphatic rings. The summed E-state index contributed by atoms with van der Waals surface area (Å²) in [4.78, 5) is 25.8. The van der Waals surface area contributed by atoms with Gasteiger partial charge in [0.1, 0.15) is 5.75 Å². The van der Waals surface area contributed by atoms with Crippen molar-refractivity contribution >= 4 is 24.1 Å². The number of amides is 1. The van der Waals surface area contributed by atoms with Gasteiger partial charge < -0.3 is 14.4 Å². The zero-order valence-corrected chi connectivity index (χ0v) is 18.1. The second-order valence-corrected chi connectivity index (χ2v) is 7.11. The molecule has 0 saturated carbocycles. The van der Waals surface area contributed by atoms with E-state index in [1.807, 2.05) is 49.6 Å². The van der Waals surface area contributed by atoms with Crippen molar-refractivity contribution in [3.8, 4) is 17.1 Å². The Kier molecular flexibility index (Phi) is 8.38. The first-order valence-corrected chi connectivity index (χ1v) is 10.0. The molecule has 9 heteroatoms. The fraction of sp³-hybridized carbons (Fsp3) is 0.500. The SMILES string of the molecule is CCOc1ccc(-c2n[nH]c(=S)n2CCC(=O)N(CCC(=O)OC)C(C)C)cc1. The van der Waals surface area contributed by atoms with Crippen molar-refractivity contribution in [1.29, 1.82) is 0 Å². The molecule has 1 aromatic heterocycles. The summed E-state index contributed by atoms with van der Waals surface area (Å²) >= 11 is 5.34. The molecule has 29 heavy (non-hydrogen) atoms. The number of methoxy groups -OCH3 is 1. The smallest absolute Gasteiger partial charge is 0.307 e. The van der Waals surface area contributed by atoms with Gasteiger partial charge in [-0.2, -0.15) is 5.10 Å². The number of carbonyl (C=O) groups excluding carboxylic acids is 2. The van der Waals surface area contributed by atoms with Crippen molar-refractivity contribution in [2.75, 3.05) is 20.3 Å². The number of nitrogens with zero attached hydrogens (tertiary/aromatic N) is 3. The Bertz CT molecular complexity index is 873. The van der Waals surface area contributed by atoms with Crippen molar-refractivity contribution in [3.63, 3.8) is 0 Å². The Morgan fingerprint density at radius 2 is 1.93 bits per heavy atom. The predicted molar refractivity (Wildman–Crippen MR) is 112 cm³/mol. The first-order chi connectivity index (χ1) is 13.9. The van der Waals surface area contributed by atoms with Crippen LogP contribution in [0, 0.1) is 4.77 Å². The topological polar surface area (TPSA) is 89.5 Å². The zero-order valence-electron chi connectivity index (χ0n) is 17.3. The number of aromatic nitrogens is 3. The fourth-order valence-electron chi connectivity index (χ4n) is 2.95. The van der Waals surface area contributed by atoms with Gasteiger partial charge in [0.05, 0.1) is 20.1 Å². The third-order valence-electron chi connectivity index (χ3n) is 4.46. The van der Waals surface area contributed by atoms with E-state index in [2.05, 4.69) is 14.9 Å². The highest BCUT2D eigenvalue weighted by molar-refractivity contribution is 7.71.